The number of hydrogen-bond acceptors (Lipinski definition) is 4. The number of piperazine rings is 1. The minimum atomic E-state index is -0.273. The molecule has 2 amide bonds. The monoisotopic (exact) mass is 373 g/mol. The summed E-state index contributed by atoms with van der Waals surface area (Å²) in [6.45, 7) is 5.47. The molecule has 0 saturated carbocycles. The minimum absolute atomic E-state index is 0.119. The van der Waals surface area contributed by atoms with Crippen molar-refractivity contribution in [2.24, 2.45) is 0 Å². The number of benzene rings is 1. The average molecular weight is 374 g/mol. The van der Waals surface area contributed by atoms with Gasteiger partial charge in [0.25, 0.3) is 0 Å². The molecule has 1 saturated heterocycles. The maximum absolute atomic E-state index is 12.1. The summed E-state index contributed by atoms with van der Waals surface area (Å²) in [5, 5.41) is 3.74. The number of carbonyl (C=O) groups is 2. The predicted octanol–water partition coefficient (Wildman–Crippen LogP) is 3.10. The summed E-state index contributed by atoms with van der Waals surface area (Å²) in [5.74, 6) is -0.119. The van der Waals surface area contributed by atoms with Gasteiger partial charge in [0.05, 0.1) is 17.3 Å². The molecule has 1 aromatic carbocycles. The first kappa shape index (κ1) is 18.8. The van der Waals surface area contributed by atoms with Gasteiger partial charge in [-0.2, -0.15) is 0 Å². The number of amides is 2. The van der Waals surface area contributed by atoms with Crippen LogP contribution in [0.4, 0.5) is 10.5 Å². The van der Waals surface area contributed by atoms with Gasteiger partial charge >= 0.3 is 6.09 Å². The van der Waals surface area contributed by atoms with Crippen molar-refractivity contribution in [3.8, 4) is 0 Å². The van der Waals surface area contributed by atoms with E-state index in [-0.39, 0.29) is 12.0 Å². The molecule has 1 aliphatic heterocycles. The number of nitrogens with zero attached hydrogens (tertiary/aromatic N) is 2. The lowest BCUT2D eigenvalue weighted by atomic mass is 10.2. The molecule has 0 atom stereocenters. The number of ether oxygens (including phenoxy) is 1. The zero-order valence-electron chi connectivity index (χ0n) is 13.6. The molecule has 1 aromatic rings. The van der Waals surface area contributed by atoms with Gasteiger partial charge < -0.3 is 15.0 Å². The Bertz CT molecular complexity index is 590. The van der Waals surface area contributed by atoms with Crippen molar-refractivity contribution in [3.05, 3.63) is 28.2 Å². The van der Waals surface area contributed by atoms with Gasteiger partial charge in [0.2, 0.25) is 5.91 Å². The first-order valence-corrected chi connectivity index (χ1v) is 8.64. The fraction of sp³-hybridized carbons (Fsp3) is 0.500. The van der Waals surface area contributed by atoms with Gasteiger partial charge in [0.15, 0.2) is 0 Å². The molecule has 6 nitrogen and oxygen atoms in total. The number of halogens is 2. The second-order valence-electron chi connectivity index (χ2n) is 5.45. The first-order chi connectivity index (χ1) is 11.5. The lowest BCUT2D eigenvalue weighted by molar-refractivity contribution is -0.116. The molecule has 24 heavy (non-hydrogen) atoms. The van der Waals surface area contributed by atoms with Gasteiger partial charge in [-0.25, -0.2) is 4.79 Å². The lowest BCUT2D eigenvalue weighted by Gasteiger charge is -2.33. The molecule has 0 spiro atoms. The third-order valence-electron chi connectivity index (χ3n) is 3.76. The van der Waals surface area contributed by atoms with Crippen molar-refractivity contribution >= 4 is 40.9 Å². The number of rotatable bonds is 5. The Kier molecular flexibility index (Phi) is 7.15. The zero-order chi connectivity index (χ0) is 17.5. The Morgan fingerprint density at radius 1 is 1.21 bits per heavy atom. The number of anilines is 1. The molecule has 0 radical (unpaired) electrons. The van der Waals surface area contributed by atoms with Crippen LogP contribution in [-0.4, -0.2) is 61.1 Å². The zero-order valence-corrected chi connectivity index (χ0v) is 15.1. The highest BCUT2D eigenvalue weighted by Crippen LogP contribution is 2.25. The van der Waals surface area contributed by atoms with Crippen LogP contribution in [0.2, 0.25) is 10.0 Å². The molecule has 1 fully saturated rings. The van der Waals surface area contributed by atoms with E-state index in [0.717, 1.165) is 13.1 Å². The van der Waals surface area contributed by atoms with Crippen LogP contribution in [-0.2, 0) is 9.53 Å². The smallest absolute Gasteiger partial charge is 0.409 e. The topological polar surface area (TPSA) is 61.9 Å². The summed E-state index contributed by atoms with van der Waals surface area (Å²) in [4.78, 5) is 27.5. The largest absolute Gasteiger partial charge is 0.450 e. The van der Waals surface area contributed by atoms with Gasteiger partial charge in [0, 0.05) is 44.2 Å². The second kappa shape index (κ2) is 9.11. The Morgan fingerprint density at radius 3 is 2.58 bits per heavy atom. The minimum Gasteiger partial charge on any atom is -0.450 e. The van der Waals surface area contributed by atoms with Crippen molar-refractivity contribution in [1.82, 2.24) is 9.80 Å². The van der Waals surface area contributed by atoms with Crippen molar-refractivity contribution in [1.29, 1.82) is 0 Å². The van der Waals surface area contributed by atoms with Crippen LogP contribution in [0.15, 0.2) is 18.2 Å². The van der Waals surface area contributed by atoms with Crippen LogP contribution in [0.3, 0.4) is 0 Å². The third-order valence-corrected chi connectivity index (χ3v) is 4.32. The maximum atomic E-state index is 12.1. The van der Waals surface area contributed by atoms with Crippen LogP contribution in [0.1, 0.15) is 13.3 Å². The highest BCUT2D eigenvalue weighted by molar-refractivity contribution is 6.35. The van der Waals surface area contributed by atoms with Crippen LogP contribution < -0.4 is 5.32 Å². The molecule has 0 bridgehead atoms. The highest BCUT2D eigenvalue weighted by atomic mass is 35.5. The quantitative estimate of drug-likeness (QED) is 0.861. The number of nitrogens with one attached hydrogen (secondary N) is 1. The van der Waals surface area contributed by atoms with Gasteiger partial charge in [-0.1, -0.05) is 23.2 Å². The Balaban J connectivity index is 1.73. The normalized spacial score (nSPS) is 15.2. The number of carbonyl (C=O) groups excluding carboxylic acids is 2. The molecule has 1 N–H and O–H groups in total. The van der Waals surface area contributed by atoms with E-state index < -0.39 is 0 Å². The van der Waals surface area contributed by atoms with Crippen LogP contribution >= 0.6 is 23.2 Å². The van der Waals surface area contributed by atoms with Crippen molar-refractivity contribution < 1.29 is 14.3 Å². The van der Waals surface area contributed by atoms with Gasteiger partial charge in [0.1, 0.15) is 0 Å². The molecule has 8 heteroatoms. The summed E-state index contributed by atoms with van der Waals surface area (Å²) in [6.07, 6.45) is 0.0768. The Hall–Kier alpha value is -1.50. The van der Waals surface area contributed by atoms with E-state index in [2.05, 4.69) is 10.2 Å². The summed E-state index contributed by atoms with van der Waals surface area (Å²) in [5.41, 5.74) is 0.515. The second-order valence-corrected chi connectivity index (χ2v) is 6.29. The van der Waals surface area contributed by atoms with E-state index in [0.29, 0.717) is 48.4 Å². The summed E-state index contributed by atoms with van der Waals surface area (Å²) >= 11 is 11.9. The van der Waals surface area contributed by atoms with E-state index in [9.17, 15) is 9.59 Å². The van der Waals surface area contributed by atoms with E-state index >= 15 is 0 Å². The number of hydrogen-bond donors (Lipinski definition) is 1. The van der Waals surface area contributed by atoms with Crippen LogP contribution in [0, 0.1) is 0 Å². The Morgan fingerprint density at radius 2 is 1.92 bits per heavy atom. The van der Waals surface area contributed by atoms with E-state index in [4.69, 9.17) is 27.9 Å². The molecule has 2 rings (SSSR count). The molecular formula is C16H21Cl2N3O3. The van der Waals surface area contributed by atoms with Gasteiger partial charge in [-0.05, 0) is 25.1 Å². The molecular weight excluding hydrogens is 353 g/mol. The van der Waals surface area contributed by atoms with Crippen LogP contribution in [0.25, 0.3) is 0 Å². The summed E-state index contributed by atoms with van der Waals surface area (Å²) in [6, 6.07) is 4.94. The van der Waals surface area contributed by atoms with Crippen molar-refractivity contribution in [2.45, 2.75) is 13.3 Å². The summed E-state index contributed by atoms with van der Waals surface area (Å²) in [7, 11) is 0. The molecule has 1 aliphatic rings. The van der Waals surface area contributed by atoms with Crippen molar-refractivity contribution in [3.63, 3.8) is 0 Å². The standard InChI is InChI=1S/C16H21Cl2N3O3/c1-2-24-16(23)21-9-7-20(8-10-21)6-5-15(22)19-14-11-12(17)3-4-13(14)18/h3-4,11H,2,5-10H2,1H3,(H,19,22). The molecule has 0 aliphatic carbocycles. The lowest BCUT2D eigenvalue weighted by Crippen LogP contribution is -2.49. The Labute approximate surface area is 151 Å². The van der Waals surface area contributed by atoms with Crippen LogP contribution in [0.5, 0.6) is 0 Å². The molecule has 132 valence electrons. The molecule has 0 unspecified atom stereocenters. The fourth-order valence-electron chi connectivity index (χ4n) is 2.43. The summed E-state index contributed by atoms with van der Waals surface area (Å²) < 4.78 is 4.98. The molecule has 1 heterocycles. The van der Waals surface area contributed by atoms with Crippen molar-refractivity contribution in [2.75, 3.05) is 44.6 Å². The average Bonchev–Trinajstić information content (AvgIpc) is 2.57. The van der Waals surface area contributed by atoms with E-state index in [1.165, 1.54) is 0 Å². The van der Waals surface area contributed by atoms with E-state index in [1.807, 2.05) is 0 Å². The van der Waals surface area contributed by atoms with E-state index in [1.54, 1.807) is 30.0 Å². The first-order valence-electron chi connectivity index (χ1n) is 7.88. The SMILES string of the molecule is CCOC(=O)N1CCN(CCC(=O)Nc2cc(Cl)ccc2Cl)CC1. The third kappa shape index (κ3) is 5.54. The maximum Gasteiger partial charge on any atom is 0.409 e. The van der Waals surface area contributed by atoms with Gasteiger partial charge in [-0.3, -0.25) is 9.69 Å². The highest BCUT2D eigenvalue weighted by Gasteiger charge is 2.22. The fourth-order valence-corrected chi connectivity index (χ4v) is 2.77. The van der Waals surface area contributed by atoms with Gasteiger partial charge in [-0.15, -0.1) is 0 Å². The molecule has 0 aromatic heterocycles. The predicted molar refractivity (Wildman–Crippen MR) is 94.7 cm³/mol.